The molecule has 0 aliphatic carbocycles. The summed E-state index contributed by atoms with van der Waals surface area (Å²) in [6, 6.07) is 12.9. The minimum atomic E-state index is -0.475. The molecular weight excluding hydrogens is 306 g/mol. The molecule has 1 amide bonds. The molecule has 5 nitrogen and oxygen atoms in total. The molecule has 0 aromatic heterocycles. The van der Waals surface area contributed by atoms with Gasteiger partial charge in [-0.1, -0.05) is 30.3 Å². The molecule has 124 valence electrons. The van der Waals surface area contributed by atoms with Crippen LogP contribution in [0.1, 0.15) is 17.5 Å². The lowest BCUT2D eigenvalue weighted by Gasteiger charge is -2.21. The number of esters is 1. The molecule has 1 aliphatic heterocycles. The summed E-state index contributed by atoms with van der Waals surface area (Å²) in [5, 5.41) is 0. The molecule has 0 atom stereocenters. The molecule has 0 radical (unpaired) electrons. The molecule has 0 saturated carbocycles. The monoisotopic (exact) mass is 325 g/mol. The molecule has 0 unspecified atom stereocenters. The summed E-state index contributed by atoms with van der Waals surface area (Å²) in [4.78, 5) is 26.2. The van der Waals surface area contributed by atoms with E-state index in [1.807, 2.05) is 44.2 Å². The Balaban J connectivity index is 1.82. The average molecular weight is 325 g/mol. The van der Waals surface area contributed by atoms with E-state index in [9.17, 15) is 9.59 Å². The van der Waals surface area contributed by atoms with Gasteiger partial charge in [0.1, 0.15) is 18.0 Å². The predicted octanol–water partition coefficient (Wildman–Crippen LogP) is 3.02. The van der Waals surface area contributed by atoms with Crippen molar-refractivity contribution in [2.45, 2.75) is 20.3 Å². The van der Waals surface area contributed by atoms with Crippen molar-refractivity contribution in [2.24, 2.45) is 0 Å². The first-order valence-electron chi connectivity index (χ1n) is 7.85. The van der Waals surface area contributed by atoms with Crippen LogP contribution in [0.25, 0.3) is 0 Å². The largest absolute Gasteiger partial charge is 0.491 e. The van der Waals surface area contributed by atoms with Crippen molar-refractivity contribution in [2.75, 3.05) is 18.1 Å². The highest BCUT2D eigenvalue weighted by Gasteiger charge is 2.26. The number of amides is 1. The number of fused-ring (bicyclic) bond motifs is 1. The SMILES string of the molecule is Cc1cccc(C)c1OC(=O)CN1C(=O)CCOc2ccccc21. The lowest BCUT2D eigenvalue weighted by Crippen LogP contribution is -2.37. The number of anilines is 1. The third-order valence-corrected chi connectivity index (χ3v) is 3.94. The topological polar surface area (TPSA) is 55.8 Å². The number of carbonyl (C=O) groups excluding carboxylic acids is 2. The second-order valence-corrected chi connectivity index (χ2v) is 5.74. The number of hydrogen-bond acceptors (Lipinski definition) is 4. The van der Waals surface area contributed by atoms with Gasteiger partial charge in [-0.05, 0) is 37.1 Å². The van der Waals surface area contributed by atoms with Crippen LogP contribution in [0, 0.1) is 13.8 Å². The highest BCUT2D eigenvalue weighted by molar-refractivity contribution is 5.99. The Morgan fingerprint density at radius 1 is 1.12 bits per heavy atom. The fraction of sp³-hybridized carbons (Fsp3) is 0.263. The van der Waals surface area contributed by atoms with Gasteiger partial charge in [0.15, 0.2) is 0 Å². The Labute approximate surface area is 140 Å². The molecule has 0 bridgehead atoms. The van der Waals surface area contributed by atoms with Gasteiger partial charge in [-0.2, -0.15) is 0 Å². The summed E-state index contributed by atoms with van der Waals surface area (Å²) in [6.45, 7) is 3.93. The summed E-state index contributed by atoms with van der Waals surface area (Å²) in [6.07, 6.45) is 0.228. The molecule has 5 heteroatoms. The minimum Gasteiger partial charge on any atom is -0.491 e. The molecule has 2 aromatic carbocycles. The van der Waals surface area contributed by atoms with E-state index >= 15 is 0 Å². The van der Waals surface area contributed by atoms with Crippen molar-refractivity contribution in [1.82, 2.24) is 0 Å². The van der Waals surface area contributed by atoms with E-state index < -0.39 is 5.97 Å². The van der Waals surface area contributed by atoms with E-state index in [2.05, 4.69) is 0 Å². The minimum absolute atomic E-state index is 0.146. The second-order valence-electron chi connectivity index (χ2n) is 5.74. The molecule has 0 fully saturated rings. The smallest absolute Gasteiger partial charge is 0.331 e. The number of benzene rings is 2. The number of carbonyl (C=O) groups is 2. The molecule has 3 rings (SSSR count). The summed E-state index contributed by atoms with van der Waals surface area (Å²) < 4.78 is 11.1. The summed E-state index contributed by atoms with van der Waals surface area (Å²) in [7, 11) is 0. The Morgan fingerprint density at radius 3 is 2.58 bits per heavy atom. The lowest BCUT2D eigenvalue weighted by molar-refractivity contribution is -0.134. The van der Waals surface area contributed by atoms with Crippen molar-refractivity contribution in [1.29, 1.82) is 0 Å². The van der Waals surface area contributed by atoms with E-state index in [0.717, 1.165) is 11.1 Å². The molecule has 0 saturated heterocycles. The predicted molar refractivity (Wildman–Crippen MR) is 90.5 cm³/mol. The zero-order chi connectivity index (χ0) is 17.1. The van der Waals surface area contributed by atoms with E-state index in [1.165, 1.54) is 4.90 Å². The first-order chi connectivity index (χ1) is 11.6. The summed E-state index contributed by atoms with van der Waals surface area (Å²) in [5.41, 5.74) is 2.36. The van der Waals surface area contributed by atoms with Gasteiger partial charge in [-0.15, -0.1) is 0 Å². The Bertz CT molecular complexity index is 764. The third kappa shape index (κ3) is 3.25. The van der Waals surface area contributed by atoms with Crippen LogP contribution in [-0.2, 0) is 9.59 Å². The van der Waals surface area contributed by atoms with Crippen molar-refractivity contribution in [3.63, 3.8) is 0 Å². The molecule has 2 aromatic rings. The normalized spacial score (nSPS) is 13.8. The highest BCUT2D eigenvalue weighted by Crippen LogP contribution is 2.31. The molecule has 24 heavy (non-hydrogen) atoms. The van der Waals surface area contributed by atoms with Crippen LogP contribution >= 0.6 is 0 Å². The number of hydrogen-bond donors (Lipinski definition) is 0. The van der Waals surface area contributed by atoms with E-state index in [0.29, 0.717) is 23.8 Å². The molecule has 1 heterocycles. The van der Waals surface area contributed by atoms with Gasteiger partial charge >= 0.3 is 5.97 Å². The van der Waals surface area contributed by atoms with Crippen molar-refractivity contribution in [3.8, 4) is 11.5 Å². The van der Waals surface area contributed by atoms with Crippen LogP contribution in [0.5, 0.6) is 11.5 Å². The van der Waals surface area contributed by atoms with Crippen molar-refractivity contribution < 1.29 is 19.1 Å². The fourth-order valence-electron chi connectivity index (χ4n) is 2.73. The second kappa shape index (κ2) is 6.74. The average Bonchev–Trinajstić information content (AvgIpc) is 2.71. The van der Waals surface area contributed by atoms with Crippen LogP contribution in [0.15, 0.2) is 42.5 Å². The van der Waals surface area contributed by atoms with Gasteiger partial charge in [0.05, 0.1) is 18.7 Å². The third-order valence-electron chi connectivity index (χ3n) is 3.94. The van der Waals surface area contributed by atoms with Gasteiger partial charge in [-0.3, -0.25) is 9.69 Å². The fourth-order valence-corrected chi connectivity index (χ4v) is 2.73. The van der Waals surface area contributed by atoms with Gasteiger partial charge in [0.2, 0.25) is 5.91 Å². The highest BCUT2D eigenvalue weighted by atomic mass is 16.5. The number of rotatable bonds is 3. The standard InChI is InChI=1S/C19H19NO4/c1-13-6-5-7-14(2)19(13)24-18(22)12-20-15-8-3-4-9-16(15)23-11-10-17(20)21/h3-9H,10-12H2,1-2H3. The summed E-state index contributed by atoms with van der Waals surface area (Å²) in [5.74, 6) is 0.522. The molecule has 0 N–H and O–H groups in total. The quantitative estimate of drug-likeness (QED) is 0.643. The van der Waals surface area contributed by atoms with Gasteiger partial charge in [0, 0.05) is 0 Å². The zero-order valence-corrected chi connectivity index (χ0v) is 13.7. The van der Waals surface area contributed by atoms with Crippen LogP contribution in [0.4, 0.5) is 5.69 Å². The number of para-hydroxylation sites is 3. The maximum absolute atomic E-state index is 12.4. The van der Waals surface area contributed by atoms with Crippen LogP contribution < -0.4 is 14.4 Å². The molecular formula is C19H19NO4. The van der Waals surface area contributed by atoms with E-state index in [-0.39, 0.29) is 18.9 Å². The van der Waals surface area contributed by atoms with Crippen molar-refractivity contribution >= 4 is 17.6 Å². The van der Waals surface area contributed by atoms with Gasteiger partial charge in [-0.25, -0.2) is 4.79 Å². The molecule has 1 aliphatic rings. The van der Waals surface area contributed by atoms with Crippen LogP contribution in [-0.4, -0.2) is 25.0 Å². The van der Waals surface area contributed by atoms with Crippen molar-refractivity contribution in [3.05, 3.63) is 53.6 Å². The number of nitrogens with zero attached hydrogens (tertiary/aromatic N) is 1. The van der Waals surface area contributed by atoms with Gasteiger partial charge in [0.25, 0.3) is 0 Å². The first kappa shape index (κ1) is 16.1. The van der Waals surface area contributed by atoms with E-state index in [1.54, 1.807) is 12.1 Å². The number of aryl methyl sites for hydroxylation is 2. The van der Waals surface area contributed by atoms with E-state index in [4.69, 9.17) is 9.47 Å². The summed E-state index contributed by atoms with van der Waals surface area (Å²) >= 11 is 0. The Kier molecular flexibility index (Phi) is 4.51. The number of ether oxygens (including phenoxy) is 2. The van der Waals surface area contributed by atoms with Crippen LogP contribution in [0.2, 0.25) is 0 Å². The lowest BCUT2D eigenvalue weighted by atomic mass is 10.1. The Morgan fingerprint density at radius 2 is 1.83 bits per heavy atom. The van der Waals surface area contributed by atoms with Crippen LogP contribution in [0.3, 0.4) is 0 Å². The van der Waals surface area contributed by atoms with Gasteiger partial charge < -0.3 is 9.47 Å². The maximum Gasteiger partial charge on any atom is 0.331 e. The first-order valence-corrected chi connectivity index (χ1v) is 7.85. The Hall–Kier alpha value is -2.82. The molecule has 0 spiro atoms. The maximum atomic E-state index is 12.4. The zero-order valence-electron chi connectivity index (χ0n) is 13.7.